The lowest BCUT2D eigenvalue weighted by Crippen LogP contribution is -2.40. The van der Waals surface area contributed by atoms with E-state index in [0.29, 0.717) is 17.5 Å². The van der Waals surface area contributed by atoms with Gasteiger partial charge in [-0.05, 0) is 42.2 Å². The lowest BCUT2D eigenvalue weighted by molar-refractivity contribution is 0.490. The molecule has 0 spiro atoms. The topological polar surface area (TPSA) is 61.8 Å². The van der Waals surface area contributed by atoms with Crippen molar-refractivity contribution in [2.24, 2.45) is 5.92 Å². The first kappa shape index (κ1) is 22.0. The van der Waals surface area contributed by atoms with Crippen molar-refractivity contribution in [3.63, 3.8) is 0 Å². The summed E-state index contributed by atoms with van der Waals surface area (Å²) in [4.78, 5) is 30.9. The quantitative estimate of drug-likeness (QED) is 0.431. The van der Waals surface area contributed by atoms with Crippen molar-refractivity contribution >= 4 is 22.8 Å². The number of rotatable bonds is 6. The Bertz CT molecular complexity index is 1420. The number of halogens is 3. The Kier molecular flexibility index (Phi) is 5.97. The number of aromatic nitrogens is 4. The average Bonchev–Trinajstić information content (AvgIpc) is 3.12. The van der Waals surface area contributed by atoms with Gasteiger partial charge in [-0.2, -0.15) is 0 Å². The lowest BCUT2D eigenvalue weighted by Gasteiger charge is -2.14. The van der Waals surface area contributed by atoms with Gasteiger partial charge in [0.15, 0.2) is 11.2 Å². The Hall–Kier alpha value is -3.26. The molecule has 32 heavy (non-hydrogen) atoms. The monoisotopic (exact) mass is 458 g/mol. The molecule has 0 radical (unpaired) electrons. The first-order valence-corrected chi connectivity index (χ1v) is 10.5. The van der Waals surface area contributed by atoms with Gasteiger partial charge >= 0.3 is 5.69 Å². The van der Waals surface area contributed by atoms with Crippen molar-refractivity contribution in [2.75, 3.05) is 0 Å². The molecule has 0 saturated carbocycles. The second kappa shape index (κ2) is 8.70. The molecule has 0 saturated heterocycles. The lowest BCUT2D eigenvalue weighted by atomic mass is 10.1. The maximum absolute atomic E-state index is 14.7. The minimum atomic E-state index is -0.924. The van der Waals surface area contributed by atoms with Crippen molar-refractivity contribution in [1.29, 1.82) is 0 Å². The summed E-state index contributed by atoms with van der Waals surface area (Å²) in [5.74, 6) is -1.45. The Morgan fingerprint density at radius 2 is 1.88 bits per heavy atom. The van der Waals surface area contributed by atoms with Crippen molar-refractivity contribution in [1.82, 2.24) is 18.7 Å². The van der Waals surface area contributed by atoms with Gasteiger partial charge in [-0.15, -0.1) is 0 Å². The zero-order valence-corrected chi connectivity index (χ0v) is 18.3. The largest absolute Gasteiger partial charge is 0.337 e. The van der Waals surface area contributed by atoms with Gasteiger partial charge in [0.05, 0.1) is 12.0 Å². The van der Waals surface area contributed by atoms with E-state index < -0.39 is 22.9 Å². The summed E-state index contributed by atoms with van der Waals surface area (Å²) in [7, 11) is 0. The number of fused-ring (bicyclic) bond motifs is 1. The SMILES string of the molecule is CC(C)CCn1c(=O)c2c(ncn2Cc2cccc(Cl)c2)n(-c2ccc(F)cc2F)c1=O. The van der Waals surface area contributed by atoms with Gasteiger partial charge in [0.1, 0.15) is 11.6 Å². The highest BCUT2D eigenvalue weighted by molar-refractivity contribution is 6.30. The van der Waals surface area contributed by atoms with Crippen molar-refractivity contribution < 1.29 is 8.78 Å². The molecule has 2 aromatic heterocycles. The number of imidazole rings is 1. The molecule has 2 heterocycles. The number of benzene rings is 2. The van der Waals surface area contributed by atoms with Crippen LogP contribution < -0.4 is 11.2 Å². The molecule has 0 atom stereocenters. The highest BCUT2D eigenvalue weighted by Gasteiger charge is 2.21. The molecule has 0 bridgehead atoms. The Balaban J connectivity index is 1.99. The van der Waals surface area contributed by atoms with Crippen molar-refractivity contribution in [3.8, 4) is 5.69 Å². The van der Waals surface area contributed by atoms with Crippen LogP contribution in [0, 0.1) is 17.6 Å². The second-order valence-corrected chi connectivity index (χ2v) is 8.46. The number of nitrogens with zero attached hydrogens (tertiary/aromatic N) is 4. The minimum Gasteiger partial charge on any atom is -0.320 e. The summed E-state index contributed by atoms with van der Waals surface area (Å²) in [6, 6.07) is 10.1. The van der Waals surface area contributed by atoms with E-state index in [1.807, 2.05) is 19.9 Å². The predicted octanol–water partition coefficient (Wildman–Crippen LogP) is 4.37. The predicted molar refractivity (Wildman–Crippen MR) is 120 cm³/mol. The van der Waals surface area contributed by atoms with E-state index in [2.05, 4.69) is 4.98 Å². The molecule has 2 aromatic carbocycles. The molecule has 4 aromatic rings. The van der Waals surface area contributed by atoms with Gasteiger partial charge in [0.25, 0.3) is 5.56 Å². The summed E-state index contributed by atoms with van der Waals surface area (Å²) in [5.41, 5.74) is -0.417. The van der Waals surface area contributed by atoms with E-state index in [-0.39, 0.29) is 35.9 Å². The van der Waals surface area contributed by atoms with Crippen LogP contribution in [0.15, 0.2) is 58.4 Å². The number of hydrogen-bond acceptors (Lipinski definition) is 3. The Labute approximate surface area is 187 Å². The third kappa shape index (κ3) is 4.10. The van der Waals surface area contributed by atoms with Crippen molar-refractivity contribution in [2.45, 2.75) is 33.4 Å². The van der Waals surface area contributed by atoms with Crippen LogP contribution in [0.3, 0.4) is 0 Å². The molecular weight excluding hydrogens is 438 g/mol. The fourth-order valence-electron chi connectivity index (χ4n) is 3.60. The van der Waals surface area contributed by atoms with Crippen LogP contribution in [-0.2, 0) is 13.1 Å². The van der Waals surface area contributed by atoms with Crippen LogP contribution in [0.5, 0.6) is 0 Å². The van der Waals surface area contributed by atoms with E-state index in [0.717, 1.165) is 20.8 Å². The molecule has 0 aliphatic carbocycles. The maximum atomic E-state index is 14.7. The molecule has 0 unspecified atom stereocenters. The summed E-state index contributed by atoms with van der Waals surface area (Å²) in [6.07, 6.45) is 2.01. The highest BCUT2D eigenvalue weighted by atomic mass is 35.5. The van der Waals surface area contributed by atoms with Gasteiger partial charge < -0.3 is 4.57 Å². The normalized spacial score (nSPS) is 11.6. The molecule has 0 aliphatic rings. The molecule has 0 fully saturated rings. The smallest absolute Gasteiger partial charge is 0.320 e. The minimum absolute atomic E-state index is 0.00772. The van der Waals surface area contributed by atoms with Crippen LogP contribution in [0.25, 0.3) is 16.9 Å². The van der Waals surface area contributed by atoms with Gasteiger partial charge in [0, 0.05) is 24.2 Å². The first-order valence-electron chi connectivity index (χ1n) is 10.2. The molecular formula is C23H21ClF2N4O2. The Morgan fingerprint density at radius 3 is 2.56 bits per heavy atom. The van der Waals surface area contributed by atoms with Crippen molar-refractivity contribution in [3.05, 3.63) is 91.9 Å². The molecule has 0 amide bonds. The summed E-state index contributed by atoms with van der Waals surface area (Å²) >= 11 is 6.08. The summed E-state index contributed by atoms with van der Waals surface area (Å²) in [5, 5.41) is 0.548. The van der Waals surface area contributed by atoms with Gasteiger partial charge in [-0.25, -0.2) is 23.1 Å². The van der Waals surface area contributed by atoms with Crippen LogP contribution in [0.1, 0.15) is 25.8 Å². The fraction of sp³-hybridized carbons (Fsp3) is 0.261. The third-order valence-electron chi connectivity index (χ3n) is 5.22. The molecule has 9 heteroatoms. The molecule has 0 N–H and O–H groups in total. The molecule has 166 valence electrons. The maximum Gasteiger partial charge on any atom is 0.337 e. The molecule has 4 rings (SSSR count). The van der Waals surface area contributed by atoms with E-state index >= 15 is 0 Å². The summed E-state index contributed by atoms with van der Waals surface area (Å²) < 4.78 is 31.9. The third-order valence-corrected chi connectivity index (χ3v) is 5.46. The second-order valence-electron chi connectivity index (χ2n) is 8.03. The Morgan fingerprint density at radius 1 is 1.09 bits per heavy atom. The average molecular weight is 459 g/mol. The van der Waals surface area contributed by atoms with Crippen LogP contribution in [-0.4, -0.2) is 18.7 Å². The number of hydrogen-bond donors (Lipinski definition) is 0. The van der Waals surface area contributed by atoms with E-state index in [1.165, 1.54) is 12.4 Å². The first-order chi connectivity index (χ1) is 15.3. The zero-order valence-electron chi connectivity index (χ0n) is 17.6. The summed E-state index contributed by atoms with van der Waals surface area (Å²) in [6.45, 7) is 4.40. The highest BCUT2D eigenvalue weighted by Crippen LogP contribution is 2.19. The van der Waals surface area contributed by atoms with Crippen LogP contribution >= 0.6 is 11.6 Å². The van der Waals surface area contributed by atoms with Gasteiger partial charge in [-0.1, -0.05) is 37.6 Å². The zero-order chi connectivity index (χ0) is 23.0. The fourth-order valence-corrected chi connectivity index (χ4v) is 3.81. The van der Waals surface area contributed by atoms with Crippen LogP contribution in [0.4, 0.5) is 8.78 Å². The van der Waals surface area contributed by atoms with Crippen LogP contribution in [0.2, 0.25) is 5.02 Å². The van der Waals surface area contributed by atoms with E-state index in [4.69, 9.17) is 11.6 Å². The molecule has 0 aliphatic heterocycles. The van der Waals surface area contributed by atoms with E-state index in [1.54, 1.807) is 22.8 Å². The van der Waals surface area contributed by atoms with Gasteiger partial charge in [0.2, 0.25) is 0 Å². The van der Waals surface area contributed by atoms with E-state index in [9.17, 15) is 18.4 Å². The molecule has 6 nitrogen and oxygen atoms in total. The standard InChI is InChI=1S/C23H21ClF2N4O2/c1-14(2)8-9-29-22(31)20-21(27-13-28(20)12-15-4-3-5-16(24)10-15)30(23(29)32)19-7-6-17(25)11-18(19)26/h3-7,10-11,13-14H,8-9,12H2,1-2H3. The van der Waals surface area contributed by atoms with Gasteiger partial charge in [-0.3, -0.25) is 9.36 Å².